The minimum absolute atomic E-state index is 0.205. The minimum Gasteiger partial charge on any atom is -0.464 e. The number of carbonyl (C=O) groups is 1. The molecule has 0 aliphatic heterocycles. The van der Waals surface area contributed by atoms with Gasteiger partial charge in [0.15, 0.2) is 5.13 Å². The second-order valence-electron chi connectivity index (χ2n) is 4.85. The molecule has 0 bridgehead atoms. The SMILES string of the molecule is CCc1csc(NC(=O)N(CCOC)Cc2ccc(C)o2)n1. The zero-order valence-corrected chi connectivity index (χ0v) is 13.9. The molecule has 2 rings (SSSR count). The van der Waals surface area contributed by atoms with Crippen LogP contribution in [0.4, 0.5) is 9.93 Å². The summed E-state index contributed by atoms with van der Waals surface area (Å²) in [6.45, 7) is 5.25. The highest BCUT2D eigenvalue weighted by Crippen LogP contribution is 2.17. The van der Waals surface area contributed by atoms with Gasteiger partial charge in [-0.25, -0.2) is 9.78 Å². The van der Waals surface area contributed by atoms with Gasteiger partial charge in [-0.1, -0.05) is 6.92 Å². The highest BCUT2D eigenvalue weighted by atomic mass is 32.1. The van der Waals surface area contributed by atoms with E-state index in [4.69, 9.17) is 9.15 Å². The molecule has 0 aromatic carbocycles. The number of aromatic nitrogens is 1. The summed E-state index contributed by atoms with van der Waals surface area (Å²) in [5, 5.41) is 5.39. The van der Waals surface area contributed by atoms with Gasteiger partial charge in [0, 0.05) is 19.0 Å². The number of hydrogen-bond donors (Lipinski definition) is 1. The summed E-state index contributed by atoms with van der Waals surface area (Å²) < 4.78 is 10.6. The number of ether oxygens (including phenoxy) is 1. The van der Waals surface area contributed by atoms with Crippen molar-refractivity contribution in [1.82, 2.24) is 9.88 Å². The second-order valence-corrected chi connectivity index (χ2v) is 5.71. The van der Waals surface area contributed by atoms with Crippen LogP contribution in [0.25, 0.3) is 0 Å². The molecule has 7 heteroatoms. The van der Waals surface area contributed by atoms with Gasteiger partial charge in [-0.2, -0.15) is 0 Å². The molecule has 0 aliphatic rings. The van der Waals surface area contributed by atoms with E-state index in [1.54, 1.807) is 12.0 Å². The predicted octanol–water partition coefficient (Wildman–Crippen LogP) is 3.29. The van der Waals surface area contributed by atoms with E-state index >= 15 is 0 Å². The minimum atomic E-state index is -0.205. The first-order valence-electron chi connectivity index (χ1n) is 7.17. The van der Waals surface area contributed by atoms with E-state index in [1.165, 1.54) is 11.3 Å². The van der Waals surface area contributed by atoms with Crippen LogP contribution >= 0.6 is 11.3 Å². The van der Waals surface area contributed by atoms with Crippen molar-refractivity contribution in [1.29, 1.82) is 0 Å². The van der Waals surface area contributed by atoms with Crippen molar-refractivity contribution < 1.29 is 13.9 Å². The lowest BCUT2D eigenvalue weighted by molar-refractivity contribution is 0.149. The highest BCUT2D eigenvalue weighted by Gasteiger charge is 2.17. The van der Waals surface area contributed by atoms with Gasteiger partial charge in [0.1, 0.15) is 11.5 Å². The summed E-state index contributed by atoms with van der Waals surface area (Å²) in [5.74, 6) is 1.58. The number of rotatable bonds is 7. The second kappa shape index (κ2) is 7.95. The molecule has 6 nitrogen and oxygen atoms in total. The lowest BCUT2D eigenvalue weighted by atomic mass is 10.4. The molecule has 2 aromatic rings. The number of carbonyl (C=O) groups excluding carboxylic acids is 1. The molecule has 0 saturated carbocycles. The molecule has 0 radical (unpaired) electrons. The summed E-state index contributed by atoms with van der Waals surface area (Å²) in [6.07, 6.45) is 0.853. The molecule has 1 N–H and O–H groups in total. The van der Waals surface area contributed by atoms with Crippen LogP contribution in [0.5, 0.6) is 0 Å². The number of amides is 2. The third-order valence-corrected chi connectivity index (χ3v) is 3.93. The lowest BCUT2D eigenvalue weighted by Crippen LogP contribution is -2.36. The van der Waals surface area contributed by atoms with E-state index in [2.05, 4.69) is 10.3 Å². The van der Waals surface area contributed by atoms with Crippen molar-refractivity contribution in [2.75, 3.05) is 25.6 Å². The van der Waals surface area contributed by atoms with Crippen LogP contribution in [0.1, 0.15) is 24.1 Å². The van der Waals surface area contributed by atoms with Crippen LogP contribution < -0.4 is 5.32 Å². The number of furan rings is 1. The molecule has 2 aromatic heterocycles. The topological polar surface area (TPSA) is 67.6 Å². The first-order valence-corrected chi connectivity index (χ1v) is 8.05. The molecule has 22 heavy (non-hydrogen) atoms. The fourth-order valence-corrected chi connectivity index (χ4v) is 2.69. The molecule has 2 heterocycles. The Kier molecular flexibility index (Phi) is 5.97. The Hall–Kier alpha value is -1.86. The summed E-state index contributed by atoms with van der Waals surface area (Å²) in [5.41, 5.74) is 0.977. The number of hydrogen-bond acceptors (Lipinski definition) is 5. The van der Waals surface area contributed by atoms with Crippen molar-refractivity contribution in [2.45, 2.75) is 26.8 Å². The molecule has 0 spiro atoms. The average molecular weight is 323 g/mol. The quantitative estimate of drug-likeness (QED) is 0.849. The number of methoxy groups -OCH3 is 1. The largest absolute Gasteiger partial charge is 0.464 e. The van der Waals surface area contributed by atoms with Crippen molar-refractivity contribution in [3.05, 3.63) is 34.7 Å². The highest BCUT2D eigenvalue weighted by molar-refractivity contribution is 7.13. The predicted molar refractivity (Wildman–Crippen MR) is 86.2 cm³/mol. The fraction of sp³-hybridized carbons (Fsp3) is 0.467. The third kappa shape index (κ3) is 4.57. The maximum absolute atomic E-state index is 12.4. The molecule has 0 unspecified atom stereocenters. The Labute approximate surface area is 134 Å². The Morgan fingerprint density at radius 3 is 2.91 bits per heavy atom. The summed E-state index contributed by atoms with van der Waals surface area (Å²) in [7, 11) is 1.61. The Bertz CT molecular complexity index is 609. The molecule has 2 amide bonds. The number of urea groups is 1. The smallest absolute Gasteiger partial charge is 0.324 e. The molecular formula is C15H21N3O3S. The lowest BCUT2D eigenvalue weighted by Gasteiger charge is -2.21. The van der Waals surface area contributed by atoms with E-state index in [1.807, 2.05) is 31.4 Å². The van der Waals surface area contributed by atoms with E-state index in [0.29, 0.717) is 24.8 Å². The van der Waals surface area contributed by atoms with Crippen LogP contribution in [-0.4, -0.2) is 36.2 Å². The zero-order chi connectivity index (χ0) is 15.9. The Balaban J connectivity index is 2.01. The first kappa shape index (κ1) is 16.5. The normalized spacial score (nSPS) is 10.7. The van der Waals surface area contributed by atoms with Crippen LogP contribution in [0.2, 0.25) is 0 Å². The maximum atomic E-state index is 12.4. The van der Waals surface area contributed by atoms with Crippen molar-refractivity contribution >= 4 is 22.5 Å². The monoisotopic (exact) mass is 323 g/mol. The summed E-state index contributed by atoms with van der Waals surface area (Å²) >= 11 is 1.43. The van der Waals surface area contributed by atoms with E-state index in [9.17, 15) is 4.79 Å². The fourth-order valence-electron chi connectivity index (χ4n) is 1.91. The Morgan fingerprint density at radius 2 is 2.32 bits per heavy atom. The van der Waals surface area contributed by atoms with E-state index in [-0.39, 0.29) is 6.03 Å². The van der Waals surface area contributed by atoms with Gasteiger partial charge in [0.2, 0.25) is 0 Å². The standard InChI is InChI=1S/C15H21N3O3S/c1-4-12-10-22-14(16-12)17-15(19)18(7-8-20-3)9-13-6-5-11(2)21-13/h5-6,10H,4,7-9H2,1-3H3,(H,16,17,19). The van der Waals surface area contributed by atoms with Crippen LogP contribution in [0.15, 0.2) is 21.9 Å². The van der Waals surface area contributed by atoms with Gasteiger partial charge in [-0.3, -0.25) is 5.32 Å². The first-order chi connectivity index (χ1) is 10.6. The van der Waals surface area contributed by atoms with Crippen LogP contribution in [0, 0.1) is 6.92 Å². The molecule has 0 saturated heterocycles. The van der Waals surface area contributed by atoms with Crippen molar-refractivity contribution in [3.63, 3.8) is 0 Å². The maximum Gasteiger partial charge on any atom is 0.324 e. The van der Waals surface area contributed by atoms with Gasteiger partial charge in [0.05, 0.1) is 18.8 Å². The number of nitrogens with one attached hydrogen (secondary N) is 1. The molecule has 0 atom stereocenters. The number of anilines is 1. The molecular weight excluding hydrogens is 302 g/mol. The number of nitrogens with zero attached hydrogens (tertiary/aromatic N) is 2. The molecule has 120 valence electrons. The van der Waals surface area contributed by atoms with Crippen LogP contribution in [-0.2, 0) is 17.7 Å². The number of aryl methyl sites for hydroxylation is 2. The average Bonchev–Trinajstić information content (AvgIpc) is 3.12. The zero-order valence-electron chi connectivity index (χ0n) is 13.1. The van der Waals surface area contributed by atoms with Crippen molar-refractivity contribution in [3.8, 4) is 0 Å². The van der Waals surface area contributed by atoms with Crippen molar-refractivity contribution in [2.24, 2.45) is 0 Å². The number of thiazole rings is 1. The third-order valence-electron chi connectivity index (χ3n) is 3.12. The van der Waals surface area contributed by atoms with Gasteiger partial charge in [-0.05, 0) is 25.5 Å². The Morgan fingerprint density at radius 1 is 1.50 bits per heavy atom. The summed E-state index contributed by atoms with van der Waals surface area (Å²) in [4.78, 5) is 18.4. The van der Waals surface area contributed by atoms with Crippen LogP contribution in [0.3, 0.4) is 0 Å². The molecule has 0 aliphatic carbocycles. The van der Waals surface area contributed by atoms with Gasteiger partial charge in [0.25, 0.3) is 0 Å². The van der Waals surface area contributed by atoms with Gasteiger partial charge in [-0.15, -0.1) is 11.3 Å². The van der Waals surface area contributed by atoms with E-state index < -0.39 is 0 Å². The van der Waals surface area contributed by atoms with Gasteiger partial charge >= 0.3 is 6.03 Å². The van der Waals surface area contributed by atoms with Gasteiger partial charge < -0.3 is 14.1 Å². The molecule has 0 fully saturated rings. The van der Waals surface area contributed by atoms with E-state index in [0.717, 1.165) is 23.6 Å². The summed E-state index contributed by atoms with van der Waals surface area (Å²) in [6, 6.07) is 3.56.